The van der Waals surface area contributed by atoms with Crippen LogP contribution in [0.5, 0.6) is 5.75 Å². The predicted octanol–water partition coefficient (Wildman–Crippen LogP) is 4.39. The van der Waals surface area contributed by atoms with Crippen LogP contribution in [-0.4, -0.2) is 6.10 Å². The third-order valence-corrected chi connectivity index (χ3v) is 2.56. The third-order valence-electron chi connectivity index (χ3n) is 2.56. The van der Waals surface area contributed by atoms with Crippen LogP contribution in [0.3, 0.4) is 0 Å². The van der Waals surface area contributed by atoms with E-state index in [1.165, 1.54) is 12.1 Å². The van der Waals surface area contributed by atoms with Crippen LogP contribution in [0.15, 0.2) is 18.2 Å². The Morgan fingerprint density at radius 3 is 2.37 bits per heavy atom. The van der Waals surface area contributed by atoms with Gasteiger partial charge in [-0.15, -0.1) is 0 Å². The molecule has 0 amide bonds. The summed E-state index contributed by atoms with van der Waals surface area (Å²) in [5, 5.41) is 8.68. The Balaban J connectivity index is 2.97. The summed E-state index contributed by atoms with van der Waals surface area (Å²) in [4.78, 5) is 0. The summed E-state index contributed by atoms with van der Waals surface area (Å²) in [6.45, 7) is 5.84. The Bertz CT molecular complexity index is 475. The van der Waals surface area contributed by atoms with Crippen LogP contribution < -0.4 is 4.74 Å². The fourth-order valence-corrected chi connectivity index (χ4v) is 1.87. The summed E-state index contributed by atoms with van der Waals surface area (Å²) in [6.07, 6.45) is -3.97. The molecule has 1 aromatic rings. The first-order valence-electron chi connectivity index (χ1n) is 6.02. The van der Waals surface area contributed by atoms with Crippen LogP contribution in [0.4, 0.5) is 13.2 Å². The second-order valence-electron chi connectivity index (χ2n) is 4.87. The van der Waals surface area contributed by atoms with Gasteiger partial charge in [-0.3, -0.25) is 0 Å². The molecule has 2 nitrogen and oxygen atoms in total. The van der Waals surface area contributed by atoms with E-state index < -0.39 is 17.3 Å². The molecule has 1 unspecified atom stereocenters. The molecular weight excluding hydrogens is 255 g/mol. The molecule has 0 aliphatic heterocycles. The van der Waals surface area contributed by atoms with Gasteiger partial charge >= 0.3 is 6.18 Å². The van der Waals surface area contributed by atoms with Gasteiger partial charge in [0.05, 0.1) is 23.3 Å². The van der Waals surface area contributed by atoms with E-state index in [9.17, 15) is 13.2 Å². The molecule has 0 aliphatic rings. The van der Waals surface area contributed by atoms with Gasteiger partial charge in [0.25, 0.3) is 0 Å². The molecule has 0 saturated carbocycles. The lowest BCUT2D eigenvalue weighted by atomic mass is 10.1. The quantitative estimate of drug-likeness (QED) is 0.813. The van der Waals surface area contributed by atoms with Crippen LogP contribution in [0, 0.1) is 17.2 Å². The van der Waals surface area contributed by atoms with Crippen LogP contribution in [0.25, 0.3) is 0 Å². The first-order chi connectivity index (χ1) is 8.74. The predicted molar refractivity (Wildman–Crippen MR) is 65.7 cm³/mol. The van der Waals surface area contributed by atoms with Crippen LogP contribution in [-0.2, 0) is 6.18 Å². The van der Waals surface area contributed by atoms with Gasteiger partial charge < -0.3 is 4.74 Å². The number of benzene rings is 1. The molecule has 0 aromatic heterocycles. The highest BCUT2D eigenvalue weighted by Gasteiger charge is 2.34. The van der Waals surface area contributed by atoms with Gasteiger partial charge in [0.1, 0.15) is 5.75 Å². The topological polar surface area (TPSA) is 33.0 Å². The lowest BCUT2D eigenvalue weighted by molar-refractivity contribution is -0.137. The van der Waals surface area contributed by atoms with E-state index in [0.717, 1.165) is 18.6 Å². The molecule has 0 saturated heterocycles. The van der Waals surface area contributed by atoms with Crippen LogP contribution in [0.2, 0.25) is 0 Å². The largest absolute Gasteiger partial charge is 0.491 e. The Labute approximate surface area is 110 Å². The molecule has 0 aliphatic carbocycles. The number of nitrogens with zero attached hydrogens (tertiary/aromatic N) is 1. The number of rotatable bonds is 4. The van der Waals surface area contributed by atoms with Crippen molar-refractivity contribution in [2.45, 2.75) is 39.5 Å². The highest BCUT2D eigenvalue weighted by atomic mass is 19.4. The summed E-state index contributed by atoms with van der Waals surface area (Å²) in [6, 6.07) is 4.96. The van der Waals surface area contributed by atoms with Crippen molar-refractivity contribution in [2.24, 2.45) is 5.92 Å². The molecule has 0 radical (unpaired) electrons. The van der Waals surface area contributed by atoms with Gasteiger partial charge in [-0.05, 0) is 37.5 Å². The summed E-state index contributed by atoms with van der Waals surface area (Å²) < 4.78 is 43.7. The van der Waals surface area contributed by atoms with E-state index in [2.05, 4.69) is 0 Å². The van der Waals surface area contributed by atoms with Crippen molar-refractivity contribution in [3.8, 4) is 11.8 Å². The fourth-order valence-electron chi connectivity index (χ4n) is 1.87. The van der Waals surface area contributed by atoms with Gasteiger partial charge in [0, 0.05) is 0 Å². The molecule has 5 heteroatoms. The Kier molecular flexibility index (Phi) is 4.82. The van der Waals surface area contributed by atoms with Crippen molar-refractivity contribution in [2.75, 3.05) is 0 Å². The summed E-state index contributed by atoms with van der Waals surface area (Å²) in [5.74, 6) is 0.537. The van der Waals surface area contributed by atoms with Gasteiger partial charge in [0.15, 0.2) is 0 Å². The van der Waals surface area contributed by atoms with Gasteiger partial charge in [0.2, 0.25) is 0 Å². The van der Waals surface area contributed by atoms with Gasteiger partial charge in [-0.25, -0.2) is 0 Å². The van der Waals surface area contributed by atoms with E-state index in [0.29, 0.717) is 5.92 Å². The van der Waals surface area contributed by atoms with E-state index in [1.807, 2.05) is 20.8 Å². The SMILES string of the molecule is CC(C)CC(C)Oc1ccc(C#N)c(C(F)(F)F)c1. The Morgan fingerprint density at radius 2 is 1.89 bits per heavy atom. The van der Waals surface area contributed by atoms with E-state index >= 15 is 0 Å². The van der Waals surface area contributed by atoms with Crippen molar-refractivity contribution in [1.29, 1.82) is 5.26 Å². The summed E-state index contributed by atoms with van der Waals surface area (Å²) in [5.41, 5.74) is -1.35. The summed E-state index contributed by atoms with van der Waals surface area (Å²) in [7, 11) is 0. The monoisotopic (exact) mass is 271 g/mol. The first kappa shape index (κ1) is 15.4. The normalized spacial score (nSPS) is 13.2. The van der Waals surface area contributed by atoms with Crippen molar-refractivity contribution in [3.05, 3.63) is 29.3 Å². The summed E-state index contributed by atoms with van der Waals surface area (Å²) >= 11 is 0. The minimum atomic E-state index is -4.55. The molecule has 19 heavy (non-hydrogen) atoms. The molecule has 0 heterocycles. The van der Waals surface area contributed by atoms with Crippen molar-refractivity contribution in [1.82, 2.24) is 0 Å². The standard InChI is InChI=1S/C14H16F3NO/c1-9(2)6-10(3)19-12-5-4-11(8-18)13(7-12)14(15,16)17/h4-5,7,9-10H,6H2,1-3H3. The van der Waals surface area contributed by atoms with Gasteiger partial charge in [-0.1, -0.05) is 13.8 Å². The molecule has 0 fully saturated rings. The maximum absolute atomic E-state index is 12.8. The molecule has 1 atom stereocenters. The molecule has 0 spiro atoms. The lowest BCUT2D eigenvalue weighted by Gasteiger charge is -2.18. The molecular formula is C14H16F3NO. The highest BCUT2D eigenvalue weighted by molar-refractivity contribution is 5.44. The zero-order chi connectivity index (χ0) is 14.6. The molecule has 104 valence electrons. The molecule has 0 N–H and O–H groups in total. The second-order valence-corrected chi connectivity index (χ2v) is 4.87. The lowest BCUT2D eigenvalue weighted by Crippen LogP contribution is -2.15. The number of nitriles is 1. The van der Waals surface area contributed by atoms with Crippen molar-refractivity contribution < 1.29 is 17.9 Å². The third kappa shape index (κ3) is 4.47. The number of ether oxygens (including phenoxy) is 1. The fraction of sp³-hybridized carbons (Fsp3) is 0.500. The Morgan fingerprint density at radius 1 is 1.26 bits per heavy atom. The average molecular weight is 271 g/mol. The maximum atomic E-state index is 12.8. The number of hydrogen-bond donors (Lipinski definition) is 0. The molecule has 0 bridgehead atoms. The minimum Gasteiger partial charge on any atom is -0.491 e. The average Bonchev–Trinajstić information content (AvgIpc) is 2.26. The zero-order valence-corrected chi connectivity index (χ0v) is 11.1. The number of halogens is 3. The molecule has 1 aromatic carbocycles. The maximum Gasteiger partial charge on any atom is 0.417 e. The van der Waals surface area contributed by atoms with Crippen LogP contribution >= 0.6 is 0 Å². The number of alkyl halides is 3. The zero-order valence-electron chi connectivity index (χ0n) is 11.1. The van der Waals surface area contributed by atoms with Gasteiger partial charge in [-0.2, -0.15) is 18.4 Å². The van der Waals surface area contributed by atoms with Crippen LogP contribution in [0.1, 0.15) is 38.3 Å². The molecule has 1 rings (SSSR count). The van der Waals surface area contributed by atoms with Crippen molar-refractivity contribution in [3.63, 3.8) is 0 Å². The number of hydrogen-bond acceptors (Lipinski definition) is 2. The highest BCUT2D eigenvalue weighted by Crippen LogP contribution is 2.34. The first-order valence-corrected chi connectivity index (χ1v) is 6.02. The Hall–Kier alpha value is -1.70. The smallest absolute Gasteiger partial charge is 0.417 e. The van der Waals surface area contributed by atoms with E-state index in [1.54, 1.807) is 0 Å². The van der Waals surface area contributed by atoms with Crippen molar-refractivity contribution >= 4 is 0 Å². The minimum absolute atomic E-state index is 0.138. The van der Waals surface area contributed by atoms with E-state index in [-0.39, 0.29) is 11.9 Å². The second kappa shape index (κ2) is 5.96. The van der Waals surface area contributed by atoms with E-state index in [4.69, 9.17) is 10.00 Å².